The number of alkyl halides is 6. The second-order valence-corrected chi connectivity index (χ2v) is 4.49. The summed E-state index contributed by atoms with van der Waals surface area (Å²) in [6, 6.07) is -4.07. The lowest BCUT2D eigenvalue weighted by Crippen LogP contribution is -3.00. The van der Waals surface area contributed by atoms with Gasteiger partial charge in [0, 0.05) is 6.07 Å². The minimum atomic E-state index is -5.83. The van der Waals surface area contributed by atoms with E-state index in [0.717, 1.165) is 6.07 Å². The lowest BCUT2D eigenvalue weighted by atomic mass is 10.2. The fourth-order valence-electron chi connectivity index (χ4n) is 1.60. The molecule has 0 aliphatic rings. The summed E-state index contributed by atoms with van der Waals surface area (Å²) in [5.74, 6) is 0. The summed E-state index contributed by atoms with van der Waals surface area (Å²) in [7, 11) is 0. The molecule has 6 N–H and O–H groups in total. The quantitative estimate of drug-likeness (QED) is 0.325. The average molecular weight is 380 g/mol. The standard InChI is InChI=1S/C10H10F6N4O5/c11-9(12,13)7(10(14,15)16)18-8(21)17-5-2-1-4(19(22)23)3-6(5)20(24)25/h1-3,7,19-20,22,24H,(H2,17,18,21). The fraction of sp³-hybridized carbons (Fsp3) is 0.300. The Hall–Kier alpha value is -2.17. The van der Waals surface area contributed by atoms with Crippen LogP contribution in [0.1, 0.15) is 0 Å². The summed E-state index contributed by atoms with van der Waals surface area (Å²) < 4.78 is 74.1. The Morgan fingerprint density at radius 1 is 1.04 bits per heavy atom. The maximum Gasteiger partial charge on any atom is 0.417 e. The van der Waals surface area contributed by atoms with E-state index in [0.29, 0.717) is 17.4 Å². The molecule has 0 spiro atoms. The zero-order valence-electron chi connectivity index (χ0n) is 11.7. The zero-order chi connectivity index (χ0) is 19.6. The van der Waals surface area contributed by atoms with Crippen molar-refractivity contribution in [3.8, 4) is 0 Å². The van der Waals surface area contributed by atoms with Gasteiger partial charge in [0.15, 0.2) is 11.4 Å². The second kappa shape index (κ2) is 7.38. The Balaban J connectivity index is 3.03. The highest BCUT2D eigenvalue weighted by Crippen LogP contribution is 2.33. The number of carbonyl (C=O) groups excluding carboxylic acids is 1. The van der Waals surface area contributed by atoms with E-state index in [-0.39, 0.29) is 0 Å². The van der Waals surface area contributed by atoms with Gasteiger partial charge < -0.3 is 21.0 Å². The number of urea groups is 1. The molecule has 0 aromatic heterocycles. The minimum Gasteiger partial charge on any atom is -0.595 e. The van der Waals surface area contributed by atoms with Crippen LogP contribution in [0.25, 0.3) is 0 Å². The largest absolute Gasteiger partial charge is 0.595 e. The van der Waals surface area contributed by atoms with E-state index in [9.17, 15) is 41.6 Å². The number of hydrogen-bond donors (Lipinski definition) is 6. The molecule has 0 heterocycles. The monoisotopic (exact) mass is 380 g/mol. The second-order valence-electron chi connectivity index (χ2n) is 4.49. The Labute approximate surface area is 134 Å². The van der Waals surface area contributed by atoms with Crippen molar-refractivity contribution in [3.05, 3.63) is 28.6 Å². The van der Waals surface area contributed by atoms with Crippen LogP contribution in [0, 0.1) is 10.4 Å². The molecule has 0 fully saturated rings. The van der Waals surface area contributed by atoms with E-state index < -0.39 is 51.9 Å². The highest BCUT2D eigenvalue weighted by Gasteiger charge is 2.57. The Morgan fingerprint density at radius 2 is 1.56 bits per heavy atom. The summed E-state index contributed by atoms with van der Waals surface area (Å²) in [4.78, 5) is 11.4. The molecular weight excluding hydrogens is 370 g/mol. The van der Waals surface area contributed by atoms with Gasteiger partial charge in [0.1, 0.15) is 5.69 Å². The molecule has 1 aromatic carbocycles. The highest BCUT2D eigenvalue weighted by atomic mass is 19.4. The minimum absolute atomic E-state index is 0.521. The maximum atomic E-state index is 12.3. The van der Waals surface area contributed by atoms with Crippen LogP contribution >= 0.6 is 0 Å². The van der Waals surface area contributed by atoms with Crippen molar-refractivity contribution in [3.63, 3.8) is 0 Å². The van der Waals surface area contributed by atoms with Crippen LogP contribution < -0.4 is 21.1 Å². The van der Waals surface area contributed by atoms with Crippen molar-refractivity contribution in [2.45, 2.75) is 18.4 Å². The third kappa shape index (κ3) is 5.69. The Bertz CT molecular complexity index is 607. The van der Waals surface area contributed by atoms with E-state index in [2.05, 4.69) is 0 Å². The SMILES string of the molecule is O=C(Nc1ccc([NH+]([O-])O)cc1[NH+]([O-])O)NC(C(F)(F)F)C(F)(F)F. The number of hydrogen-bond acceptors (Lipinski definition) is 5. The molecule has 2 unspecified atom stereocenters. The average Bonchev–Trinajstić information content (AvgIpc) is 2.42. The topological polar surface area (TPSA) is 137 Å². The lowest BCUT2D eigenvalue weighted by molar-refractivity contribution is -0.996. The zero-order valence-corrected chi connectivity index (χ0v) is 11.7. The maximum absolute atomic E-state index is 12.3. The van der Waals surface area contributed by atoms with Gasteiger partial charge in [-0.25, -0.2) is 15.2 Å². The van der Waals surface area contributed by atoms with Gasteiger partial charge in [-0.15, -0.1) is 0 Å². The molecule has 25 heavy (non-hydrogen) atoms. The van der Waals surface area contributed by atoms with E-state index in [1.54, 1.807) is 0 Å². The van der Waals surface area contributed by atoms with Gasteiger partial charge in [0.2, 0.25) is 6.04 Å². The molecule has 9 nitrogen and oxygen atoms in total. The molecule has 0 saturated heterocycles. The molecule has 0 radical (unpaired) electrons. The Morgan fingerprint density at radius 3 is 1.96 bits per heavy atom. The smallest absolute Gasteiger partial charge is 0.417 e. The molecule has 0 aliphatic carbocycles. The predicted molar refractivity (Wildman–Crippen MR) is 66.0 cm³/mol. The number of benzene rings is 1. The predicted octanol–water partition coefficient (Wildman–Crippen LogP) is 0.108. The highest BCUT2D eigenvalue weighted by molar-refractivity contribution is 5.92. The van der Waals surface area contributed by atoms with Crippen molar-refractivity contribution in [2.24, 2.45) is 0 Å². The van der Waals surface area contributed by atoms with Crippen LogP contribution in [0.15, 0.2) is 18.2 Å². The summed E-state index contributed by atoms with van der Waals surface area (Å²) in [5, 5.41) is 38.2. The van der Waals surface area contributed by atoms with E-state index >= 15 is 0 Å². The van der Waals surface area contributed by atoms with Crippen LogP contribution in [0.4, 0.5) is 48.2 Å². The normalized spacial score (nSPS) is 15.0. The summed E-state index contributed by atoms with van der Waals surface area (Å²) >= 11 is 0. The van der Waals surface area contributed by atoms with Gasteiger partial charge in [-0.05, 0) is 6.07 Å². The molecule has 0 aliphatic heterocycles. The van der Waals surface area contributed by atoms with Gasteiger partial charge >= 0.3 is 18.4 Å². The van der Waals surface area contributed by atoms with Crippen molar-refractivity contribution in [1.82, 2.24) is 5.32 Å². The van der Waals surface area contributed by atoms with Crippen molar-refractivity contribution in [1.29, 1.82) is 0 Å². The molecule has 1 aromatic rings. The van der Waals surface area contributed by atoms with Crippen molar-refractivity contribution >= 4 is 23.1 Å². The van der Waals surface area contributed by atoms with Gasteiger partial charge in [-0.3, -0.25) is 0 Å². The fourth-order valence-corrected chi connectivity index (χ4v) is 1.60. The van der Waals surface area contributed by atoms with Gasteiger partial charge in [-0.1, -0.05) is 0 Å². The Kier molecular flexibility index (Phi) is 6.16. The van der Waals surface area contributed by atoms with Crippen LogP contribution in [0.5, 0.6) is 0 Å². The van der Waals surface area contributed by atoms with Crippen LogP contribution in [0.2, 0.25) is 0 Å². The third-order valence-corrected chi connectivity index (χ3v) is 2.68. The molecule has 2 atom stereocenters. The third-order valence-electron chi connectivity index (χ3n) is 2.68. The number of halogens is 6. The molecular formula is C10H10F6N4O5. The van der Waals surface area contributed by atoms with Crippen LogP contribution in [-0.4, -0.2) is 34.8 Å². The molecule has 1 rings (SSSR count). The van der Waals surface area contributed by atoms with Crippen molar-refractivity contribution in [2.75, 3.05) is 5.32 Å². The molecule has 0 saturated carbocycles. The number of rotatable bonds is 4. The van der Waals surface area contributed by atoms with Crippen molar-refractivity contribution < 1.29 is 52.0 Å². The van der Waals surface area contributed by atoms with Crippen LogP contribution in [-0.2, 0) is 0 Å². The van der Waals surface area contributed by atoms with Crippen LogP contribution in [0.3, 0.4) is 0 Å². The molecule has 0 bridgehead atoms. The molecule has 15 heteroatoms. The number of nitrogens with one attached hydrogen (secondary N) is 4. The van der Waals surface area contributed by atoms with Gasteiger partial charge in [0.05, 0.1) is 6.07 Å². The first kappa shape index (κ1) is 20.9. The van der Waals surface area contributed by atoms with E-state index in [4.69, 9.17) is 10.4 Å². The number of anilines is 1. The number of quaternary nitrogens is 2. The number of amides is 2. The summed E-state index contributed by atoms with van der Waals surface area (Å²) in [6.07, 6.45) is -11.7. The van der Waals surface area contributed by atoms with E-state index in [1.807, 2.05) is 0 Å². The molecule has 2 amide bonds. The van der Waals surface area contributed by atoms with Gasteiger partial charge in [-0.2, -0.15) is 36.8 Å². The molecule has 142 valence electrons. The summed E-state index contributed by atoms with van der Waals surface area (Å²) in [5.41, 5.74) is -2.06. The van der Waals surface area contributed by atoms with Gasteiger partial charge in [0.25, 0.3) is 0 Å². The first-order valence-electron chi connectivity index (χ1n) is 6.05. The first-order valence-corrected chi connectivity index (χ1v) is 6.05. The lowest BCUT2D eigenvalue weighted by Gasteiger charge is -2.24. The number of carbonyl (C=O) groups is 1. The first-order chi connectivity index (χ1) is 11.2. The summed E-state index contributed by atoms with van der Waals surface area (Å²) in [6.45, 7) is 0. The van der Waals surface area contributed by atoms with E-state index in [1.165, 1.54) is 5.32 Å².